The highest BCUT2D eigenvalue weighted by Crippen LogP contribution is 2.28. The number of carbonyl (C=O) groups is 2. The molecule has 0 spiro atoms. The first-order valence-corrected chi connectivity index (χ1v) is 8.30. The van der Waals surface area contributed by atoms with Crippen LogP contribution < -0.4 is 0 Å². The molecule has 4 heteroatoms. The fourth-order valence-electron chi connectivity index (χ4n) is 3.61. The van der Waals surface area contributed by atoms with Gasteiger partial charge in [-0.05, 0) is 30.9 Å². The van der Waals surface area contributed by atoms with Crippen LogP contribution in [0.25, 0.3) is 0 Å². The van der Waals surface area contributed by atoms with Gasteiger partial charge in [0.15, 0.2) is 0 Å². The Morgan fingerprint density at radius 3 is 2.23 bits per heavy atom. The molecule has 22 heavy (non-hydrogen) atoms. The number of amides is 2. The topological polar surface area (TPSA) is 57.6 Å². The van der Waals surface area contributed by atoms with Crippen molar-refractivity contribution < 1.29 is 14.7 Å². The number of carbonyl (C=O) groups excluding carboxylic acids is 2. The number of hydrogen-bond donors (Lipinski definition) is 1. The van der Waals surface area contributed by atoms with Gasteiger partial charge in [-0.1, -0.05) is 44.2 Å². The number of benzene rings is 1. The Balaban J connectivity index is 1.55. The van der Waals surface area contributed by atoms with Gasteiger partial charge in [0.2, 0.25) is 0 Å². The molecule has 1 aliphatic carbocycles. The highest BCUT2D eigenvalue weighted by Gasteiger charge is 2.36. The fraction of sp³-hybridized carbons (Fsp3) is 0.556. The molecule has 1 aromatic rings. The predicted octanol–water partition coefficient (Wildman–Crippen LogP) is 3.00. The van der Waals surface area contributed by atoms with Crippen LogP contribution in [0.3, 0.4) is 0 Å². The number of rotatable bonds is 5. The number of aliphatic hydroxyl groups is 1. The van der Waals surface area contributed by atoms with Crippen molar-refractivity contribution in [2.24, 2.45) is 5.92 Å². The highest BCUT2D eigenvalue weighted by molar-refractivity contribution is 6.21. The van der Waals surface area contributed by atoms with Gasteiger partial charge in [0.25, 0.3) is 11.8 Å². The van der Waals surface area contributed by atoms with Crippen LogP contribution in [0.1, 0.15) is 65.7 Å². The van der Waals surface area contributed by atoms with Gasteiger partial charge in [-0.15, -0.1) is 0 Å². The van der Waals surface area contributed by atoms with E-state index in [-0.39, 0.29) is 18.4 Å². The van der Waals surface area contributed by atoms with Crippen LogP contribution in [0, 0.1) is 5.92 Å². The summed E-state index contributed by atoms with van der Waals surface area (Å²) < 4.78 is 0. The number of nitrogens with zero attached hydrogens (tertiary/aromatic N) is 1. The second-order valence-corrected chi connectivity index (χ2v) is 6.50. The van der Waals surface area contributed by atoms with Crippen LogP contribution in [-0.2, 0) is 0 Å². The molecule has 1 saturated carbocycles. The van der Waals surface area contributed by atoms with Gasteiger partial charge in [0.1, 0.15) is 0 Å². The predicted molar refractivity (Wildman–Crippen MR) is 83.6 cm³/mol. The number of imide groups is 1. The molecule has 0 saturated heterocycles. The van der Waals surface area contributed by atoms with Crippen molar-refractivity contribution in [3.63, 3.8) is 0 Å². The molecular formula is C18H23NO3. The third kappa shape index (κ3) is 3.07. The Morgan fingerprint density at radius 1 is 1.05 bits per heavy atom. The van der Waals surface area contributed by atoms with Crippen LogP contribution in [0.4, 0.5) is 0 Å². The summed E-state index contributed by atoms with van der Waals surface area (Å²) >= 11 is 0. The third-order valence-corrected chi connectivity index (χ3v) is 4.90. The molecule has 0 radical (unpaired) electrons. The molecule has 118 valence electrons. The summed E-state index contributed by atoms with van der Waals surface area (Å²) in [5.41, 5.74) is 0.902. The largest absolute Gasteiger partial charge is 0.391 e. The van der Waals surface area contributed by atoms with Crippen LogP contribution in [0.5, 0.6) is 0 Å². The SMILES string of the molecule is O=C1c2ccccc2C(=O)N1CC(O)CCC1CCCCC1. The van der Waals surface area contributed by atoms with Gasteiger partial charge >= 0.3 is 0 Å². The molecule has 0 aromatic heterocycles. The molecule has 0 bridgehead atoms. The number of hydrogen-bond acceptors (Lipinski definition) is 3. The van der Waals surface area contributed by atoms with Crippen LogP contribution in [0.2, 0.25) is 0 Å². The van der Waals surface area contributed by atoms with E-state index in [0.717, 1.165) is 6.42 Å². The summed E-state index contributed by atoms with van der Waals surface area (Å²) in [5, 5.41) is 10.2. The molecule has 1 aromatic carbocycles. The molecule has 1 heterocycles. The van der Waals surface area contributed by atoms with Crippen molar-refractivity contribution in [1.82, 2.24) is 4.90 Å². The molecule has 2 amide bonds. The second-order valence-electron chi connectivity index (χ2n) is 6.50. The Kier molecular flexibility index (Phi) is 4.57. The monoisotopic (exact) mass is 301 g/mol. The maximum Gasteiger partial charge on any atom is 0.261 e. The summed E-state index contributed by atoms with van der Waals surface area (Å²) in [6.07, 6.45) is 7.44. The van der Waals surface area contributed by atoms with E-state index in [1.807, 2.05) is 0 Å². The summed E-state index contributed by atoms with van der Waals surface area (Å²) in [6.45, 7) is 0.110. The second kappa shape index (κ2) is 6.61. The van der Waals surface area contributed by atoms with Gasteiger partial charge in [0.05, 0.1) is 23.8 Å². The average molecular weight is 301 g/mol. The lowest BCUT2D eigenvalue weighted by Crippen LogP contribution is -2.37. The molecule has 1 N–H and O–H groups in total. The van der Waals surface area contributed by atoms with E-state index >= 15 is 0 Å². The summed E-state index contributed by atoms with van der Waals surface area (Å²) in [4.78, 5) is 25.7. The van der Waals surface area contributed by atoms with Crippen molar-refractivity contribution in [3.05, 3.63) is 35.4 Å². The van der Waals surface area contributed by atoms with Gasteiger partial charge in [0, 0.05) is 0 Å². The van der Waals surface area contributed by atoms with E-state index < -0.39 is 6.10 Å². The van der Waals surface area contributed by atoms with Gasteiger partial charge < -0.3 is 5.11 Å². The standard InChI is InChI=1S/C18H23NO3/c20-14(11-10-13-6-2-1-3-7-13)12-19-17(21)15-8-4-5-9-16(15)18(19)22/h4-5,8-9,13-14,20H,1-3,6-7,10-12H2. The third-order valence-electron chi connectivity index (χ3n) is 4.90. The Labute approximate surface area is 131 Å². The maximum atomic E-state index is 12.2. The van der Waals surface area contributed by atoms with E-state index in [9.17, 15) is 14.7 Å². The van der Waals surface area contributed by atoms with Gasteiger partial charge in [-0.25, -0.2) is 0 Å². The van der Waals surface area contributed by atoms with Crippen molar-refractivity contribution in [2.75, 3.05) is 6.54 Å². The van der Waals surface area contributed by atoms with Crippen molar-refractivity contribution in [1.29, 1.82) is 0 Å². The van der Waals surface area contributed by atoms with Crippen molar-refractivity contribution >= 4 is 11.8 Å². The zero-order valence-corrected chi connectivity index (χ0v) is 12.8. The normalized spacial score (nSPS) is 20.3. The molecule has 1 atom stereocenters. The number of β-amino-alcohol motifs (C(OH)–C–C–N with tert-alkyl or cyclic N) is 1. The van der Waals surface area contributed by atoms with Crippen LogP contribution in [-0.4, -0.2) is 34.5 Å². The lowest BCUT2D eigenvalue weighted by atomic mass is 9.85. The summed E-state index contributed by atoms with van der Waals surface area (Å²) in [7, 11) is 0. The number of fused-ring (bicyclic) bond motifs is 1. The van der Waals surface area contributed by atoms with Crippen molar-refractivity contribution in [2.45, 2.75) is 51.0 Å². The molecule has 3 rings (SSSR count). The first-order chi connectivity index (χ1) is 10.7. The maximum absolute atomic E-state index is 12.2. The summed E-state index contributed by atoms with van der Waals surface area (Å²) in [6, 6.07) is 6.86. The molecule has 1 unspecified atom stereocenters. The summed E-state index contributed by atoms with van der Waals surface area (Å²) in [5.74, 6) is 0.139. The minimum absolute atomic E-state index is 0.110. The van der Waals surface area contributed by atoms with Crippen molar-refractivity contribution in [3.8, 4) is 0 Å². The molecule has 2 aliphatic rings. The number of aliphatic hydroxyl groups excluding tert-OH is 1. The zero-order chi connectivity index (χ0) is 15.5. The smallest absolute Gasteiger partial charge is 0.261 e. The molecular weight excluding hydrogens is 278 g/mol. The first-order valence-electron chi connectivity index (χ1n) is 8.30. The Morgan fingerprint density at radius 2 is 1.64 bits per heavy atom. The van der Waals surface area contributed by atoms with E-state index in [4.69, 9.17) is 0 Å². The quantitative estimate of drug-likeness (QED) is 0.851. The van der Waals surface area contributed by atoms with Gasteiger partial charge in [-0.3, -0.25) is 14.5 Å². The minimum Gasteiger partial charge on any atom is -0.391 e. The lowest BCUT2D eigenvalue weighted by molar-refractivity contribution is 0.0521. The van der Waals surface area contributed by atoms with Crippen LogP contribution in [0.15, 0.2) is 24.3 Å². The lowest BCUT2D eigenvalue weighted by Gasteiger charge is -2.24. The van der Waals surface area contributed by atoms with Crippen LogP contribution >= 0.6 is 0 Å². The Bertz CT molecular complexity index is 528. The first kappa shape index (κ1) is 15.2. The van der Waals surface area contributed by atoms with E-state index in [2.05, 4.69) is 0 Å². The Hall–Kier alpha value is -1.68. The van der Waals surface area contributed by atoms with E-state index in [1.54, 1.807) is 24.3 Å². The molecule has 4 nitrogen and oxygen atoms in total. The minimum atomic E-state index is -0.621. The van der Waals surface area contributed by atoms with E-state index in [0.29, 0.717) is 23.5 Å². The van der Waals surface area contributed by atoms with E-state index in [1.165, 1.54) is 37.0 Å². The zero-order valence-electron chi connectivity index (χ0n) is 12.8. The molecule has 1 aliphatic heterocycles. The van der Waals surface area contributed by atoms with Gasteiger partial charge in [-0.2, -0.15) is 0 Å². The highest BCUT2D eigenvalue weighted by atomic mass is 16.3. The fourth-order valence-corrected chi connectivity index (χ4v) is 3.61. The average Bonchev–Trinajstić information content (AvgIpc) is 2.79. The molecule has 1 fully saturated rings.